The number of hydrogen-bond donors (Lipinski definition) is 0. The van der Waals surface area contributed by atoms with Gasteiger partial charge in [-0.15, -0.1) is 21.5 Å². The van der Waals surface area contributed by atoms with Gasteiger partial charge in [-0.05, 0) is 45.4 Å². The quantitative estimate of drug-likeness (QED) is 0.707. The van der Waals surface area contributed by atoms with Gasteiger partial charge in [0.1, 0.15) is 10.8 Å². The lowest BCUT2D eigenvalue weighted by Crippen LogP contribution is -2.22. The Morgan fingerprint density at radius 2 is 1.92 bits per heavy atom. The molecule has 0 saturated carbocycles. The molecule has 4 rings (SSSR count). The van der Waals surface area contributed by atoms with Gasteiger partial charge in [-0.3, -0.25) is 9.47 Å². The average molecular weight is 338 g/mol. The molecule has 0 N–H and O–H groups in total. The predicted molar refractivity (Wildman–Crippen MR) is 97.8 cm³/mol. The van der Waals surface area contributed by atoms with Crippen LogP contribution in [0.25, 0.3) is 5.00 Å². The molecular formula is C19H22N4S. The van der Waals surface area contributed by atoms with Crippen LogP contribution in [0.1, 0.15) is 46.2 Å². The summed E-state index contributed by atoms with van der Waals surface area (Å²) in [6.45, 7) is 7.44. The van der Waals surface area contributed by atoms with Gasteiger partial charge in [0.25, 0.3) is 0 Å². The van der Waals surface area contributed by atoms with Gasteiger partial charge < -0.3 is 0 Å². The predicted octanol–water partition coefficient (Wildman–Crippen LogP) is 4.04. The molecule has 1 aromatic carbocycles. The minimum absolute atomic E-state index is 0.260. The summed E-state index contributed by atoms with van der Waals surface area (Å²) in [7, 11) is 2.17. The monoisotopic (exact) mass is 338 g/mol. The highest BCUT2D eigenvalue weighted by atomic mass is 32.1. The average Bonchev–Trinajstić information content (AvgIpc) is 3.06. The van der Waals surface area contributed by atoms with E-state index in [1.165, 1.54) is 26.6 Å². The summed E-state index contributed by atoms with van der Waals surface area (Å²) in [6.07, 6.45) is 0.983. The van der Waals surface area contributed by atoms with Crippen LogP contribution in [0.5, 0.6) is 0 Å². The molecule has 0 aliphatic carbocycles. The number of rotatable bonds is 2. The maximum Gasteiger partial charge on any atom is 0.155 e. The Morgan fingerprint density at radius 3 is 2.67 bits per heavy atom. The molecule has 3 heterocycles. The van der Waals surface area contributed by atoms with E-state index in [4.69, 9.17) is 0 Å². The normalized spacial score (nSPS) is 17.4. The summed E-state index contributed by atoms with van der Waals surface area (Å²) in [5.41, 5.74) is 4.25. The van der Waals surface area contributed by atoms with Crippen molar-refractivity contribution in [3.05, 3.63) is 63.5 Å². The van der Waals surface area contributed by atoms with E-state index in [9.17, 15) is 0 Å². The largest absolute Gasteiger partial charge is 0.292 e. The van der Waals surface area contributed by atoms with Gasteiger partial charge in [0, 0.05) is 17.0 Å². The summed E-state index contributed by atoms with van der Waals surface area (Å²) in [5.74, 6) is 2.02. The molecule has 24 heavy (non-hydrogen) atoms. The highest BCUT2D eigenvalue weighted by Crippen LogP contribution is 2.39. The third-order valence-corrected chi connectivity index (χ3v) is 6.19. The van der Waals surface area contributed by atoms with Gasteiger partial charge in [-0.1, -0.05) is 30.3 Å². The van der Waals surface area contributed by atoms with Crippen molar-refractivity contribution >= 4 is 11.3 Å². The molecule has 124 valence electrons. The van der Waals surface area contributed by atoms with Crippen LogP contribution in [0.15, 0.2) is 30.3 Å². The first-order chi connectivity index (χ1) is 11.6. The van der Waals surface area contributed by atoms with Crippen molar-refractivity contribution in [1.29, 1.82) is 0 Å². The van der Waals surface area contributed by atoms with Crippen LogP contribution in [0.3, 0.4) is 0 Å². The topological polar surface area (TPSA) is 34.0 Å². The van der Waals surface area contributed by atoms with Gasteiger partial charge in [-0.2, -0.15) is 0 Å². The van der Waals surface area contributed by atoms with E-state index in [2.05, 4.69) is 70.9 Å². The number of aryl methyl sites for hydroxylation is 2. The molecule has 1 aliphatic heterocycles. The van der Waals surface area contributed by atoms with Gasteiger partial charge in [0.2, 0.25) is 0 Å². The number of benzene rings is 1. The molecule has 1 aliphatic rings. The van der Waals surface area contributed by atoms with Gasteiger partial charge in [0.15, 0.2) is 5.82 Å². The number of fused-ring (bicyclic) bond motifs is 3. The molecular weight excluding hydrogens is 316 g/mol. The summed E-state index contributed by atoms with van der Waals surface area (Å²) >= 11 is 1.87. The molecule has 5 heteroatoms. The van der Waals surface area contributed by atoms with Crippen molar-refractivity contribution in [2.75, 3.05) is 7.05 Å². The molecule has 0 radical (unpaired) electrons. The Morgan fingerprint density at radius 1 is 1.17 bits per heavy atom. The third kappa shape index (κ3) is 2.39. The first-order valence-corrected chi connectivity index (χ1v) is 9.15. The van der Waals surface area contributed by atoms with E-state index in [0.29, 0.717) is 0 Å². The fourth-order valence-electron chi connectivity index (χ4n) is 3.47. The van der Waals surface area contributed by atoms with Crippen molar-refractivity contribution in [2.45, 2.75) is 39.8 Å². The number of hydrogen-bond acceptors (Lipinski definition) is 4. The third-order valence-electron chi connectivity index (χ3n) is 5.02. The Hall–Kier alpha value is -1.98. The summed E-state index contributed by atoms with van der Waals surface area (Å²) < 4.78 is 2.26. The molecule has 0 amide bonds. The second-order valence-corrected chi connectivity index (χ2v) is 7.82. The van der Waals surface area contributed by atoms with E-state index >= 15 is 0 Å². The molecule has 1 atom stereocenters. The lowest BCUT2D eigenvalue weighted by Gasteiger charge is -2.21. The number of nitrogens with zero attached hydrogens (tertiary/aromatic N) is 4. The first kappa shape index (κ1) is 15.5. The van der Waals surface area contributed by atoms with Crippen molar-refractivity contribution in [3.63, 3.8) is 0 Å². The fraction of sp³-hybridized carbons (Fsp3) is 0.368. The molecule has 0 unspecified atom stereocenters. The van der Waals surface area contributed by atoms with Crippen LogP contribution in [0, 0.1) is 13.8 Å². The number of thiophene rings is 1. The van der Waals surface area contributed by atoms with Crippen LogP contribution in [-0.4, -0.2) is 26.7 Å². The van der Waals surface area contributed by atoms with Crippen LogP contribution < -0.4 is 0 Å². The van der Waals surface area contributed by atoms with Gasteiger partial charge in [-0.25, -0.2) is 0 Å². The van der Waals surface area contributed by atoms with Crippen LogP contribution in [0.4, 0.5) is 0 Å². The highest BCUT2D eigenvalue weighted by molar-refractivity contribution is 7.14. The minimum atomic E-state index is 0.260. The minimum Gasteiger partial charge on any atom is -0.292 e. The summed E-state index contributed by atoms with van der Waals surface area (Å²) in [4.78, 5) is 3.76. The van der Waals surface area contributed by atoms with E-state index in [1.54, 1.807) is 0 Å². The zero-order valence-electron chi connectivity index (χ0n) is 14.6. The van der Waals surface area contributed by atoms with Crippen molar-refractivity contribution in [3.8, 4) is 5.00 Å². The van der Waals surface area contributed by atoms with Crippen molar-refractivity contribution in [2.24, 2.45) is 0 Å². The van der Waals surface area contributed by atoms with E-state index < -0.39 is 0 Å². The molecule has 2 aromatic heterocycles. The maximum atomic E-state index is 4.45. The first-order valence-electron chi connectivity index (χ1n) is 8.34. The second-order valence-electron chi connectivity index (χ2n) is 6.61. The van der Waals surface area contributed by atoms with Crippen LogP contribution >= 0.6 is 11.3 Å². The van der Waals surface area contributed by atoms with Gasteiger partial charge in [0.05, 0.1) is 6.04 Å². The van der Waals surface area contributed by atoms with E-state index in [-0.39, 0.29) is 6.04 Å². The molecule has 3 aromatic rings. The SMILES string of the molecule is Cc1sc2c(c1Cc1ccccc1)CN(C)[C@@H](C)c1nnc(C)n1-2. The molecule has 0 saturated heterocycles. The molecule has 0 bridgehead atoms. The lowest BCUT2D eigenvalue weighted by atomic mass is 10.0. The number of aromatic nitrogens is 3. The van der Waals surface area contributed by atoms with Crippen LogP contribution in [0.2, 0.25) is 0 Å². The Balaban J connectivity index is 1.88. The zero-order chi connectivity index (χ0) is 16.8. The maximum absolute atomic E-state index is 4.45. The van der Waals surface area contributed by atoms with Gasteiger partial charge >= 0.3 is 0 Å². The summed E-state index contributed by atoms with van der Waals surface area (Å²) in [6, 6.07) is 11.0. The smallest absolute Gasteiger partial charge is 0.155 e. The Bertz CT molecular complexity index is 878. The summed E-state index contributed by atoms with van der Waals surface area (Å²) in [5, 5.41) is 10.1. The van der Waals surface area contributed by atoms with E-state index in [1.807, 2.05) is 18.3 Å². The molecule has 0 spiro atoms. The Kier molecular flexibility index (Phi) is 3.77. The zero-order valence-corrected chi connectivity index (χ0v) is 15.4. The van der Waals surface area contributed by atoms with Crippen LogP contribution in [-0.2, 0) is 13.0 Å². The van der Waals surface area contributed by atoms with E-state index in [0.717, 1.165) is 24.6 Å². The lowest BCUT2D eigenvalue weighted by molar-refractivity contribution is 0.247. The fourth-order valence-corrected chi connectivity index (χ4v) is 4.70. The Labute approximate surface area is 146 Å². The van der Waals surface area contributed by atoms with Crippen molar-refractivity contribution in [1.82, 2.24) is 19.7 Å². The molecule has 4 nitrogen and oxygen atoms in total. The second kappa shape index (κ2) is 5.83. The highest BCUT2D eigenvalue weighted by Gasteiger charge is 2.30. The standard InChI is InChI=1S/C19H22N4S/c1-12-18-21-20-14(3)23(18)19-17(11-22(12)4)16(13(2)24-19)10-15-8-6-5-7-9-15/h5-9,12H,10-11H2,1-4H3/t12-/m0/s1. The van der Waals surface area contributed by atoms with Crippen molar-refractivity contribution < 1.29 is 0 Å². The molecule has 0 fully saturated rings.